The molecule has 1 aliphatic heterocycles. The van der Waals surface area contributed by atoms with Crippen LogP contribution in [-0.4, -0.2) is 29.0 Å². The van der Waals surface area contributed by atoms with Gasteiger partial charge >= 0.3 is 0 Å². The highest BCUT2D eigenvalue weighted by molar-refractivity contribution is 5.82. The third-order valence-electron chi connectivity index (χ3n) is 3.65. The summed E-state index contributed by atoms with van der Waals surface area (Å²) in [5, 5.41) is 11.8. The Hall–Kier alpha value is -1.55. The van der Waals surface area contributed by atoms with Gasteiger partial charge in [0.1, 0.15) is 5.84 Å². The molecule has 3 N–H and O–H groups in total. The number of piperidine rings is 1. The van der Waals surface area contributed by atoms with E-state index >= 15 is 0 Å². The van der Waals surface area contributed by atoms with E-state index in [0.717, 1.165) is 32.5 Å². The quantitative estimate of drug-likeness (QED) is 0.371. The van der Waals surface area contributed by atoms with E-state index in [4.69, 9.17) is 10.9 Å². The summed E-state index contributed by atoms with van der Waals surface area (Å²) in [4.78, 5) is 2.42. The first-order valence-corrected chi connectivity index (χ1v) is 6.44. The lowest BCUT2D eigenvalue weighted by molar-refractivity contribution is 0.198. The van der Waals surface area contributed by atoms with Gasteiger partial charge in [0.25, 0.3) is 0 Å². The molecule has 18 heavy (non-hydrogen) atoms. The fourth-order valence-electron chi connectivity index (χ4n) is 2.42. The Balaban J connectivity index is 1.85. The second kappa shape index (κ2) is 5.87. The Morgan fingerprint density at radius 1 is 1.33 bits per heavy atom. The summed E-state index contributed by atoms with van der Waals surface area (Å²) in [6.45, 7) is 5.11. The number of oxime groups is 1. The van der Waals surface area contributed by atoms with Gasteiger partial charge < -0.3 is 10.9 Å². The molecule has 0 unspecified atom stereocenters. The van der Waals surface area contributed by atoms with Crippen LogP contribution < -0.4 is 5.73 Å². The molecule has 1 aromatic rings. The van der Waals surface area contributed by atoms with E-state index in [1.165, 1.54) is 11.1 Å². The van der Waals surface area contributed by atoms with Gasteiger partial charge in [-0.15, -0.1) is 0 Å². The fraction of sp³-hybridized carbons (Fsp3) is 0.500. The maximum absolute atomic E-state index is 8.66. The van der Waals surface area contributed by atoms with Gasteiger partial charge in [-0.1, -0.05) is 35.0 Å². The minimum absolute atomic E-state index is 0.240. The van der Waals surface area contributed by atoms with Crippen LogP contribution in [0.1, 0.15) is 24.0 Å². The van der Waals surface area contributed by atoms with Crippen LogP contribution in [0.25, 0.3) is 0 Å². The highest BCUT2D eigenvalue weighted by Crippen LogP contribution is 2.19. The van der Waals surface area contributed by atoms with Gasteiger partial charge in [-0.25, -0.2) is 0 Å². The van der Waals surface area contributed by atoms with Crippen molar-refractivity contribution in [3.8, 4) is 0 Å². The van der Waals surface area contributed by atoms with E-state index in [0.29, 0.717) is 5.84 Å². The predicted molar refractivity (Wildman–Crippen MR) is 72.6 cm³/mol. The lowest BCUT2D eigenvalue weighted by Gasteiger charge is -2.31. The Labute approximate surface area is 108 Å². The summed E-state index contributed by atoms with van der Waals surface area (Å²) < 4.78 is 0. The maximum Gasteiger partial charge on any atom is 0.142 e. The minimum atomic E-state index is 0.240. The van der Waals surface area contributed by atoms with E-state index in [2.05, 4.69) is 41.2 Å². The molecule has 1 heterocycles. The number of benzene rings is 1. The molecule has 0 amide bonds. The molecule has 1 aromatic carbocycles. The second-order valence-electron chi connectivity index (χ2n) is 5.06. The van der Waals surface area contributed by atoms with Crippen molar-refractivity contribution in [1.82, 2.24) is 4.90 Å². The largest absolute Gasteiger partial charge is 0.409 e. The average molecular weight is 247 g/mol. The zero-order valence-electron chi connectivity index (χ0n) is 10.8. The van der Waals surface area contributed by atoms with Crippen molar-refractivity contribution in [3.63, 3.8) is 0 Å². The lowest BCUT2D eigenvalue weighted by Crippen LogP contribution is -2.38. The number of hydrogen-bond acceptors (Lipinski definition) is 3. The van der Waals surface area contributed by atoms with Crippen molar-refractivity contribution in [3.05, 3.63) is 35.4 Å². The molecule has 4 nitrogen and oxygen atoms in total. The van der Waals surface area contributed by atoms with Crippen LogP contribution in [0.3, 0.4) is 0 Å². The summed E-state index contributed by atoms with van der Waals surface area (Å²) >= 11 is 0. The van der Waals surface area contributed by atoms with E-state index in [1.54, 1.807) is 0 Å². The Kier molecular flexibility index (Phi) is 4.20. The van der Waals surface area contributed by atoms with E-state index in [9.17, 15) is 0 Å². The van der Waals surface area contributed by atoms with Gasteiger partial charge in [0.15, 0.2) is 0 Å². The monoisotopic (exact) mass is 247 g/mol. The normalized spacial score (nSPS) is 19.1. The minimum Gasteiger partial charge on any atom is -0.409 e. The second-order valence-corrected chi connectivity index (χ2v) is 5.06. The van der Waals surface area contributed by atoms with E-state index in [-0.39, 0.29) is 5.92 Å². The summed E-state index contributed by atoms with van der Waals surface area (Å²) in [6.07, 6.45) is 1.95. The van der Waals surface area contributed by atoms with Gasteiger partial charge in [-0.2, -0.15) is 0 Å². The molecule has 2 rings (SSSR count). The number of amidine groups is 1. The molecule has 4 heteroatoms. The zero-order valence-corrected chi connectivity index (χ0v) is 10.8. The molecule has 1 saturated heterocycles. The van der Waals surface area contributed by atoms with Gasteiger partial charge in [0.2, 0.25) is 0 Å². The van der Waals surface area contributed by atoms with Gasteiger partial charge in [0.05, 0.1) is 0 Å². The molecule has 0 bridgehead atoms. The molecule has 1 aliphatic rings. The molecule has 0 aliphatic carbocycles. The first kappa shape index (κ1) is 12.9. The SMILES string of the molecule is Cc1ccc(CN2CCC(C(N)=NO)CC2)cc1. The summed E-state index contributed by atoms with van der Waals surface area (Å²) in [7, 11) is 0. The highest BCUT2D eigenvalue weighted by Gasteiger charge is 2.22. The predicted octanol–water partition coefficient (Wildman–Crippen LogP) is 1.95. The Morgan fingerprint density at radius 3 is 2.50 bits per heavy atom. The van der Waals surface area contributed by atoms with E-state index < -0.39 is 0 Å². The molecule has 0 aromatic heterocycles. The molecule has 0 radical (unpaired) electrons. The number of aryl methyl sites for hydroxylation is 1. The third kappa shape index (κ3) is 3.23. The highest BCUT2D eigenvalue weighted by atomic mass is 16.4. The summed E-state index contributed by atoms with van der Waals surface area (Å²) in [6, 6.07) is 8.67. The fourth-order valence-corrected chi connectivity index (χ4v) is 2.42. The molecule has 98 valence electrons. The standard InChI is InChI=1S/C14H21N3O/c1-11-2-4-12(5-3-11)10-17-8-6-13(7-9-17)14(15)16-18/h2-5,13,18H,6-10H2,1H3,(H2,15,16). The average Bonchev–Trinajstić information content (AvgIpc) is 2.41. The van der Waals surface area contributed by atoms with Crippen LogP contribution in [0.2, 0.25) is 0 Å². The van der Waals surface area contributed by atoms with E-state index in [1.807, 2.05) is 0 Å². The number of rotatable bonds is 3. The van der Waals surface area contributed by atoms with Crippen LogP contribution >= 0.6 is 0 Å². The van der Waals surface area contributed by atoms with Crippen LogP contribution in [0.4, 0.5) is 0 Å². The molecular formula is C14H21N3O. The van der Waals surface area contributed by atoms with Crippen LogP contribution in [0, 0.1) is 12.8 Å². The smallest absolute Gasteiger partial charge is 0.142 e. The number of nitrogens with zero attached hydrogens (tertiary/aromatic N) is 2. The molecule has 0 saturated carbocycles. The number of likely N-dealkylation sites (tertiary alicyclic amines) is 1. The summed E-state index contributed by atoms with van der Waals surface area (Å²) in [5.74, 6) is 0.620. The number of hydrogen-bond donors (Lipinski definition) is 2. The van der Waals surface area contributed by atoms with Crippen molar-refractivity contribution in [2.24, 2.45) is 16.8 Å². The zero-order chi connectivity index (χ0) is 13.0. The van der Waals surface area contributed by atoms with Gasteiger partial charge in [-0.05, 0) is 38.4 Å². The first-order valence-electron chi connectivity index (χ1n) is 6.44. The third-order valence-corrected chi connectivity index (χ3v) is 3.65. The van der Waals surface area contributed by atoms with Gasteiger partial charge in [0, 0.05) is 12.5 Å². The van der Waals surface area contributed by atoms with Crippen molar-refractivity contribution in [2.45, 2.75) is 26.3 Å². The maximum atomic E-state index is 8.66. The topological polar surface area (TPSA) is 61.8 Å². The summed E-state index contributed by atoms with van der Waals surface area (Å²) in [5.41, 5.74) is 8.29. The lowest BCUT2D eigenvalue weighted by atomic mass is 9.95. The molecule has 0 atom stereocenters. The van der Waals surface area contributed by atoms with Crippen molar-refractivity contribution in [1.29, 1.82) is 0 Å². The Bertz CT molecular complexity index is 406. The van der Waals surface area contributed by atoms with Crippen molar-refractivity contribution < 1.29 is 5.21 Å². The van der Waals surface area contributed by atoms with Crippen LogP contribution in [0.15, 0.2) is 29.4 Å². The molecule has 0 spiro atoms. The van der Waals surface area contributed by atoms with Crippen LogP contribution in [-0.2, 0) is 6.54 Å². The molecular weight excluding hydrogens is 226 g/mol. The molecule has 1 fully saturated rings. The van der Waals surface area contributed by atoms with Gasteiger partial charge in [-0.3, -0.25) is 4.90 Å². The first-order chi connectivity index (χ1) is 8.69. The Morgan fingerprint density at radius 2 is 1.94 bits per heavy atom. The van der Waals surface area contributed by atoms with Crippen LogP contribution in [0.5, 0.6) is 0 Å². The van der Waals surface area contributed by atoms with Crippen molar-refractivity contribution in [2.75, 3.05) is 13.1 Å². The number of nitrogens with two attached hydrogens (primary N) is 1. The van der Waals surface area contributed by atoms with Crippen molar-refractivity contribution >= 4 is 5.84 Å².